The SMILES string of the molecule is CN=C(NCCc1c[nH]c2cc(F)ccc12)NCC(=O)N1CCc2sccc2C1. The molecule has 0 radical (unpaired) electrons. The lowest BCUT2D eigenvalue weighted by Crippen LogP contribution is -2.46. The number of aliphatic imine (C=N–C) groups is 1. The molecule has 8 heteroatoms. The number of rotatable bonds is 5. The van der Waals surface area contributed by atoms with E-state index >= 15 is 0 Å². The van der Waals surface area contributed by atoms with Gasteiger partial charge in [-0.1, -0.05) is 0 Å². The Bertz CT molecular complexity index is 1040. The molecule has 3 heterocycles. The number of halogens is 1. The first-order valence-corrected chi connectivity index (χ1v) is 10.5. The van der Waals surface area contributed by atoms with E-state index in [-0.39, 0.29) is 18.3 Å². The van der Waals surface area contributed by atoms with Crippen LogP contribution in [-0.4, -0.2) is 48.4 Å². The molecule has 1 aliphatic rings. The molecule has 0 fully saturated rings. The summed E-state index contributed by atoms with van der Waals surface area (Å²) in [6, 6.07) is 6.86. The maximum absolute atomic E-state index is 13.3. The van der Waals surface area contributed by atoms with E-state index in [1.807, 2.05) is 11.1 Å². The summed E-state index contributed by atoms with van der Waals surface area (Å²) in [5, 5.41) is 9.45. The van der Waals surface area contributed by atoms with Crippen molar-refractivity contribution in [3.8, 4) is 0 Å². The summed E-state index contributed by atoms with van der Waals surface area (Å²) in [5.41, 5.74) is 3.16. The van der Waals surface area contributed by atoms with Gasteiger partial charge >= 0.3 is 0 Å². The number of hydrogen-bond acceptors (Lipinski definition) is 3. The van der Waals surface area contributed by atoms with E-state index in [9.17, 15) is 9.18 Å². The minimum Gasteiger partial charge on any atom is -0.361 e. The van der Waals surface area contributed by atoms with Gasteiger partial charge in [0.05, 0.1) is 6.54 Å². The van der Waals surface area contributed by atoms with Crippen LogP contribution in [0.5, 0.6) is 0 Å². The van der Waals surface area contributed by atoms with Crippen LogP contribution in [0.1, 0.15) is 16.0 Å². The molecule has 1 aromatic carbocycles. The van der Waals surface area contributed by atoms with Gasteiger partial charge in [-0.15, -0.1) is 11.3 Å². The van der Waals surface area contributed by atoms with Crippen LogP contribution in [0.4, 0.5) is 4.39 Å². The first-order chi connectivity index (χ1) is 14.1. The minimum atomic E-state index is -0.248. The van der Waals surface area contributed by atoms with Crippen LogP contribution in [0.25, 0.3) is 10.9 Å². The molecule has 1 aliphatic heterocycles. The van der Waals surface area contributed by atoms with Crippen molar-refractivity contribution >= 4 is 34.1 Å². The molecule has 0 unspecified atom stereocenters. The quantitative estimate of drug-likeness (QED) is 0.445. The predicted octanol–water partition coefficient (Wildman–Crippen LogP) is 2.66. The van der Waals surface area contributed by atoms with E-state index in [0.29, 0.717) is 19.0 Å². The van der Waals surface area contributed by atoms with Crippen LogP contribution in [-0.2, 0) is 24.2 Å². The Balaban J connectivity index is 1.25. The molecule has 3 aromatic rings. The van der Waals surface area contributed by atoms with Crippen LogP contribution in [0, 0.1) is 5.82 Å². The summed E-state index contributed by atoms with van der Waals surface area (Å²) >= 11 is 1.77. The lowest BCUT2D eigenvalue weighted by atomic mass is 10.1. The maximum atomic E-state index is 13.3. The number of carbonyl (C=O) groups is 1. The van der Waals surface area contributed by atoms with E-state index in [2.05, 4.69) is 32.1 Å². The van der Waals surface area contributed by atoms with E-state index in [1.165, 1.54) is 22.6 Å². The first kappa shape index (κ1) is 19.4. The molecule has 3 N–H and O–H groups in total. The molecule has 1 amide bonds. The highest BCUT2D eigenvalue weighted by molar-refractivity contribution is 7.10. The van der Waals surface area contributed by atoms with Gasteiger partial charge in [-0.2, -0.15) is 0 Å². The molecule has 4 rings (SSSR count). The minimum absolute atomic E-state index is 0.0726. The molecular formula is C21H24FN5OS. The van der Waals surface area contributed by atoms with Crippen molar-refractivity contribution in [2.75, 3.05) is 26.7 Å². The number of thiophene rings is 1. The second-order valence-electron chi connectivity index (χ2n) is 7.04. The van der Waals surface area contributed by atoms with Crippen LogP contribution in [0.15, 0.2) is 40.8 Å². The third-order valence-corrected chi connectivity index (χ3v) is 6.23. The summed E-state index contributed by atoms with van der Waals surface area (Å²) in [4.78, 5) is 23.1. The highest BCUT2D eigenvalue weighted by atomic mass is 32.1. The fourth-order valence-corrected chi connectivity index (χ4v) is 4.52. The van der Waals surface area contributed by atoms with Gasteiger partial charge < -0.3 is 20.5 Å². The number of H-pyrrole nitrogens is 1. The van der Waals surface area contributed by atoms with Crippen molar-refractivity contribution in [2.24, 2.45) is 4.99 Å². The average molecular weight is 414 g/mol. The van der Waals surface area contributed by atoms with Gasteiger partial charge in [0.25, 0.3) is 0 Å². The fourth-order valence-electron chi connectivity index (χ4n) is 3.63. The van der Waals surface area contributed by atoms with Crippen LogP contribution < -0.4 is 10.6 Å². The molecule has 0 spiro atoms. The van der Waals surface area contributed by atoms with Gasteiger partial charge in [0.1, 0.15) is 5.82 Å². The number of carbonyl (C=O) groups excluding carboxylic acids is 1. The van der Waals surface area contributed by atoms with Crippen molar-refractivity contribution in [2.45, 2.75) is 19.4 Å². The van der Waals surface area contributed by atoms with E-state index in [0.717, 1.165) is 35.9 Å². The number of benzene rings is 1. The molecule has 152 valence electrons. The number of aromatic amines is 1. The second kappa shape index (κ2) is 8.65. The third-order valence-electron chi connectivity index (χ3n) is 5.21. The van der Waals surface area contributed by atoms with Gasteiger partial charge in [0, 0.05) is 48.7 Å². The van der Waals surface area contributed by atoms with Crippen molar-refractivity contribution in [3.63, 3.8) is 0 Å². The van der Waals surface area contributed by atoms with Crippen molar-refractivity contribution in [1.29, 1.82) is 0 Å². The first-order valence-electron chi connectivity index (χ1n) is 9.67. The Morgan fingerprint density at radius 3 is 3.10 bits per heavy atom. The van der Waals surface area contributed by atoms with Crippen LogP contribution >= 0.6 is 11.3 Å². The number of hydrogen-bond donors (Lipinski definition) is 3. The van der Waals surface area contributed by atoms with E-state index < -0.39 is 0 Å². The summed E-state index contributed by atoms with van der Waals surface area (Å²) in [6.07, 6.45) is 3.59. The standard InChI is InChI=1S/C21H24FN5OS/c1-23-21(24-7-4-14-11-25-18-10-16(22)2-3-17(14)18)26-12-20(28)27-8-5-19-15(13-27)6-9-29-19/h2-3,6,9-11,25H,4-5,7-8,12-13H2,1H3,(H2,23,24,26). The Kier molecular flexibility index (Phi) is 5.80. The molecule has 2 aromatic heterocycles. The number of guanidine groups is 1. The number of aromatic nitrogens is 1. The van der Waals surface area contributed by atoms with Gasteiger partial charge in [0.2, 0.25) is 5.91 Å². The second-order valence-corrected chi connectivity index (χ2v) is 8.04. The van der Waals surface area contributed by atoms with Crippen molar-refractivity contribution in [3.05, 3.63) is 57.7 Å². The topological polar surface area (TPSA) is 72.5 Å². The van der Waals surface area contributed by atoms with Gasteiger partial charge in [-0.25, -0.2) is 4.39 Å². The zero-order chi connectivity index (χ0) is 20.2. The Morgan fingerprint density at radius 2 is 2.24 bits per heavy atom. The number of nitrogens with zero attached hydrogens (tertiary/aromatic N) is 2. The molecule has 0 bridgehead atoms. The zero-order valence-electron chi connectivity index (χ0n) is 16.3. The Labute approximate surface area is 172 Å². The smallest absolute Gasteiger partial charge is 0.242 e. The fraction of sp³-hybridized carbons (Fsp3) is 0.333. The van der Waals surface area contributed by atoms with Crippen molar-refractivity contribution < 1.29 is 9.18 Å². The molecule has 0 aliphatic carbocycles. The van der Waals surface area contributed by atoms with Gasteiger partial charge in [-0.3, -0.25) is 9.79 Å². The largest absolute Gasteiger partial charge is 0.361 e. The normalized spacial score (nSPS) is 14.1. The monoisotopic (exact) mass is 413 g/mol. The molecule has 6 nitrogen and oxygen atoms in total. The van der Waals surface area contributed by atoms with Crippen LogP contribution in [0.2, 0.25) is 0 Å². The lowest BCUT2D eigenvalue weighted by Gasteiger charge is -2.27. The van der Waals surface area contributed by atoms with E-state index in [1.54, 1.807) is 24.5 Å². The number of amides is 1. The number of fused-ring (bicyclic) bond motifs is 2. The average Bonchev–Trinajstić information content (AvgIpc) is 3.36. The highest BCUT2D eigenvalue weighted by Crippen LogP contribution is 2.24. The summed E-state index contributed by atoms with van der Waals surface area (Å²) in [7, 11) is 1.69. The summed E-state index contributed by atoms with van der Waals surface area (Å²) < 4.78 is 13.3. The Morgan fingerprint density at radius 1 is 1.34 bits per heavy atom. The number of nitrogens with one attached hydrogen (secondary N) is 3. The van der Waals surface area contributed by atoms with Gasteiger partial charge in [0.15, 0.2) is 5.96 Å². The Hall–Kier alpha value is -2.87. The zero-order valence-corrected chi connectivity index (χ0v) is 17.1. The van der Waals surface area contributed by atoms with Crippen LogP contribution in [0.3, 0.4) is 0 Å². The van der Waals surface area contributed by atoms with Gasteiger partial charge in [-0.05, 0) is 53.6 Å². The summed E-state index contributed by atoms with van der Waals surface area (Å²) in [6.45, 7) is 2.32. The molecule has 0 saturated heterocycles. The molecular weight excluding hydrogens is 389 g/mol. The highest BCUT2D eigenvalue weighted by Gasteiger charge is 2.21. The van der Waals surface area contributed by atoms with E-state index in [4.69, 9.17) is 0 Å². The predicted molar refractivity (Wildman–Crippen MR) is 115 cm³/mol. The molecule has 0 saturated carbocycles. The lowest BCUT2D eigenvalue weighted by molar-refractivity contribution is -0.130. The van der Waals surface area contributed by atoms with Crippen molar-refractivity contribution in [1.82, 2.24) is 20.5 Å². The molecule has 29 heavy (non-hydrogen) atoms. The maximum Gasteiger partial charge on any atom is 0.242 e. The molecule has 0 atom stereocenters. The summed E-state index contributed by atoms with van der Waals surface area (Å²) in [5.74, 6) is 0.420. The third kappa shape index (κ3) is 4.42.